The molecule has 1 atom stereocenters. The zero-order valence-electron chi connectivity index (χ0n) is 13.9. The molecule has 0 bridgehead atoms. The van der Waals surface area contributed by atoms with E-state index in [-0.39, 0.29) is 13.4 Å². The molecule has 0 unspecified atom stereocenters. The number of ether oxygens (including phenoxy) is 2. The fourth-order valence-electron chi connectivity index (χ4n) is 2.35. The summed E-state index contributed by atoms with van der Waals surface area (Å²) in [5.41, 5.74) is 7.59. The fraction of sp³-hybridized carbons (Fsp3) is 0.588. The Morgan fingerprint density at radius 1 is 1.46 bits per heavy atom. The Balaban J connectivity index is 0.000000349. The lowest BCUT2D eigenvalue weighted by atomic mass is 10.1. The highest BCUT2D eigenvalue weighted by Crippen LogP contribution is 2.20. The second-order valence-corrected chi connectivity index (χ2v) is 5.34. The Hall–Kier alpha value is -1.99. The van der Waals surface area contributed by atoms with Gasteiger partial charge in [-0.1, -0.05) is 7.43 Å². The van der Waals surface area contributed by atoms with Crippen molar-refractivity contribution in [2.45, 2.75) is 47.2 Å². The predicted octanol–water partition coefficient (Wildman–Crippen LogP) is 2.31. The van der Waals surface area contributed by atoms with Gasteiger partial charge in [-0.05, 0) is 32.8 Å². The number of aryl methyl sites for hydroxylation is 2. The van der Waals surface area contributed by atoms with Crippen molar-refractivity contribution in [1.82, 2.24) is 14.8 Å². The number of pyridine rings is 1. The first-order valence-electron chi connectivity index (χ1n) is 7.90. The van der Waals surface area contributed by atoms with Crippen molar-refractivity contribution >= 4 is 17.0 Å². The highest BCUT2D eigenvalue weighted by atomic mass is 16.5. The quantitative estimate of drug-likeness (QED) is 0.865. The van der Waals surface area contributed by atoms with E-state index in [1.807, 2.05) is 13.8 Å². The van der Waals surface area contributed by atoms with E-state index in [0.29, 0.717) is 18.2 Å². The molecule has 3 heterocycles. The number of rotatable bonds is 3. The third kappa shape index (κ3) is 4.52. The third-order valence-corrected chi connectivity index (χ3v) is 3.70. The number of aromatic nitrogens is 3. The topological polar surface area (TPSA) is 92.3 Å². The van der Waals surface area contributed by atoms with E-state index in [1.165, 1.54) is 0 Å². The first-order valence-corrected chi connectivity index (χ1v) is 7.90. The highest BCUT2D eigenvalue weighted by Gasteiger charge is 2.15. The molecule has 0 radical (unpaired) electrons. The van der Waals surface area contributed by atoms with Crippen LogP contribution in [0.25, 0.3) is 11.0 Å². The summed E-state index contributed by atoms with van der Waals surface area (Å²) in [6.07, 6.45) is 4.34. The fourth-order valence-corrected chi connectivity index (χ4v) is 2.35. The van der Waals surface area contributed by atoms with E-state index in [1.54, 1.807) is 24.0 Å². The molecule has 2 aromatic heterocycles. The van der Waals surface area contributed by atoms with Crippen molar-refractivity contribution in [3.05, 3.63) is 23.5 Å². The van der Waals surface area contributed by atoms with Gasteiger partial charge in [0.1, 0.15) is 0 Å². The van der Waals surface area contributed by atoms with Gasteiger partial charge in [0.25, 0.3) is 0 Å². The minimum Gasteiger partial charge on any atom is -0.462 e. The van der Waals surface area contributed by atoms with Crippen molar-refractivity contribution in [3.63, 3.8) is 0 Å². The van der Waals surface area contributed by atoms with Gasteiger partial charge in [-0.3, -0.25) is 0 Å². The Labute approximate surface area is 143 Å². The van der Waals surface area contributed by atoms with Crippen LogP contribution in [0.3, 0.4) is 0 Å². The Kier molecular flexibility index (Phi) is 7.81. The molecular formula is C17H28N4O3. The second-order valence-electron chi connectivity index (χ2n) is 5.34. The van der Waals surface area contributed by atoms with Gasteiger partial charge in [-0.15, -0.1) is 0 Å². The van der Waals surface area contributed by atoms with E-state index in [9.17, 15) is 4.79 Å². The molecule has 1 fully saturated rings. The standard InChI is InChI=1S/C12H15N3O2.C4H9NO.CH4/c1-4-15-11-9(7-14-15)8(3)10(6-13-11)12(16)17-5-2;5-4-1-2-6-3-4;/h6-7H,4-5H2,1-3H3;4H,1-3,5H2;1H4/t;4-;/m.0./s1. The molecular weight excluding hydrogens is 308 g/mol. The van der Waals surface area contributed by atoms with Gasteiger partial charge in [0.15, 0.2) is 5.65 Å². The number of hydrogen-bond donors (Lipinski definition) is 1. The molecule has 1 saturated heterocycles. The van der Waals surface area contributed by atoms with Crippen molar-refractivity contribution < 1.29 is 14.3 Å². The van der Waals surface area contributed by atoms with Crippen LogP contribution in [0, 0.1) is 6.92 Å². The number of carbonyl (C=O) groups excluding carboxylic acids is 1. The van der Waals surface area contributed by atoms with Crippen molar-refractivity contribution in [2.75, 3.05) is 19.8 Å². The van der Waals surface area contributed by atoms with Gasteiger partial charge in [0.05, 0.1) is 25.0 Å². The van der Waals surface area contributed by atoms with Gasteiger partial charge in [0, 0.05) is 30.8 Å². The maximum Gasteiger partial charge on any atom is 0.339 e. The average Bonchev–Trinajstić information content (AvgIpc) is 3.17. The minimum atomic E-state index is -0.330. The maximum absolute atomic E-state index is 11.7. The molecule has 7 heteroatoms. The Morgan fingerprint density at radius 2 is 2.21 bits per heavy atom. The summed E-state index contributed by atoms with van der Waals surface area (Å²) in [6, 6.07) is 0.324. The van der Waals surface area contributed by atoms with E-state index < -0.39 is 0 Å². The van der Waals surface area contributed by atoms with Crippen LogP contribution in [0.2, 0.25) is 0 Å². The first-order chi connectivity index (χ1) is 11.1. The van der Waals surface area contributed by atoms with Crippen LogP contribution in [-0.2, 0) is 16.0 Å². The Bertz CT molecular complexity index is 663. The zero-order chi connectivity index (χ0) is 16.8. The summed E-state index contributed by atoms with van der Waals surface area (Å²) in [7, 11) is 0. The zero-order valence-corrected chi connectivity index (χ0v) is 13.9. The molecule has 2 aromatic rings. The van der Waals surface area contributed by atoms with Crippen LogP contribution in [0.5, 0.6) is 0 Å². The van der Waals surface area contributed by atoms with Gasteiger partial charge < -0.3 is 15.2 Å². The summed E-state index contributed by atoms with van der Waals surface area (Å²) >= 11 is 0. The predicted molar refractivity (Wildman–Crippen MR) is 94.0 cm³/mol. The molecule has 0 amide bonds. The number of esters is 1. The smallest absolute Gasteiger partial charge is 0.339 e. The first kappa shape index (κ1) is 20.1. The average molecular weight is 336 g/mol. The van der Waals surface area contributed by atoms with Crippen LogP contribution >= 0.6 is 0 Å². The highest BCUT2D eigenvalue weighted by molar-refractivity contribution is 5.96. The maximum atomic E-state index is 11.7. The van der Waals surface area contributed by atoms with Crippen molar-refractivity contribution in [2.24, 2.45) is 5.73 Å². The van der Waals surface area contributed by atoms with Crippen LogP contribution in [0.1, 0.15) is 43.6 Å². The lowest BCUT2D eigenvalue weighted by Gasteiger charge is -2.06. The van der Waals surface area contributed by atoms with Crippen LogP contribution in [0.4, 0.5) is 0 Å². The molecule has 1 aliphatic rings. The van der Waals surface area contributed by atoms with E-state index in [4.69, 9.17) is 15.2 Å². The molecule has 2 N–H and O–H groups in total. The van der Waals surface area contributed by atoms with Gasteiger partial charge in [-0.2, -0.15) is 5.10 Å². The third-order valence-electron chi connectivity index (χ3n) is 3.70. The number of fused-ring (bicyclic) bond motifs is 1. The molecule has 0 spiro atoms. The van der Waals surface area contributed by atoms with Crippen LogP contribution in [0.15, 0.2) is 12.4 Å². The molecule has 24 heavy (non-hydrogen) atoms. The molecule has 7 nitrogen and oxygen atoms in total. The van der Waals surface area contributed by atoms with E-state index >= 15 is 0 Å². The minimum absolute atomic E-state index is 0. The summed E-state index contributed by atoms with van der Waals surface area (Å²) in [5, 5.41) is 5.12. The van der Waals surface area contributed by atoms with Crippen molar-refractivity contribution in [1.29, 1.82) is 0 Å². The number of carbonyl (C=O) groups is 1. The molecule has 0 saturated carbocycles. The van der Waals surface area contributed by atoms with Gasteiger partial charge in [0.2, 0.25) is 0 Å². The number of hydrogen-bond acceptors (Lipinski definition) is 6. The molecule has 0 aliphatic carbocycles. The Morgan fingerprint density at radius 3 is 2.71 bits per heavy atom. The lowest BCUT2D eigenvalue weighted by molar-refractivity contribution is 0.0525. The normalized spacial score (nSPS) is 16.2. The van der Waals surface area contributed by atoms with Gasteiger partial charge in [-0.25, -0.2) is 14.5 Å². The SMILES string of the molecule is C.CCOC(=O)c1cnc2c(cnn2CC)c1C.N[C@H]1CCOC1. The van der Waals surface area contributed by atoms with Crippen molar-refractivity contribution in [3.8, 4) is 0 Å². The summed E-state index contributed by atoms with van der Waals surface area (Å²) in [4.78, 5) is 16.0. The molecule has 134 valence electrons. The van der Waals surface area contributed by atoms with E-state index in [2.05, 4.69) is 10.1 Å². The van der Waals surface area contributed by atoms with Crippen LogP contribution < -0.4 is 5.73 Å². The second kappa shape index (κ2) is 9.34. The van der Waals surface area contributed by atoms with Gasteiger partial charge >= 0.3 is 5.97 Å². The largest absolute Gasteiger partial charge is 0.462 e. The number of nitrogens with zero attached hydrogens (tertiary/aromatic N) is 3. The number of nitrogens with two attached hydrogens (primary N) is 1. The molecule has 3 rings (SSSR count). The monoisotopic (exact) mass is 336 g/mol. The molecule has 1 aliphatic heterocycles. The summed E-state index contributed by atoms with van der Waals surface area (Å²) in [6.45, 7) is 8.43. The lowest BCUT2D eigenvalue weighted by Crippen LogP contribution is -2.18. The summed E-state index contributed by atoms with van der Waals surface area (Å²) in [5.74, 6) is -0.330. The summed E-state index contributed by atoms with van der Waals surface area (Å²) < 4.78 is 11.7. The molecule has 0 aromatic carbocycles. The van der Waals surface area contributed by atoms with E-state index in [0.717, 1.165) is 42.8 Å². The van der Waals surface area contributed by atoms with Crippen LogP contribution in [-0.4, -0.2) is 46.6 Å².